The molecule has 1 atom stereocenters. The van der Waals surface area contributed by atoms with Gasteiger partial charge in [-0.25, -0.2) is 4.98 Å². The number of imidazole rings is 1. The summed E-state index contributed by atoms with van der Waals surface area (Å²) in [7, 11) is 0. The van der Waals surface area contributed by atoms with Crippen molar-refractivity contribution in [2.24, 2.45) is 0 Å². The molecule has 3 nitrogen and oxygen atoms in total. The number of nitrogens with zero attached hydrogens (tertiary/aromatic N) is 2. The molecule has 2 rings (SSSR count). The summed E-state index contributed by atoms with van der Waals surface area (Å²) in [5, 5.41) is 10.1. The minimum atomic E-state index is -0.483. The molecule has 1 aromatic heterocycles. The second kappa shape index (κ2) is 5.15. The molecule has 0 spiro atoms. The Hall–Kier alpha value is -1.61. The normalized spacial score (nSPS) is 12.9. The summed E-state index contributed by atoms with van der Waals surface area (Å²) in [4.78, 5) is 4.31. The number of rotatable bonds is 4. The summed E-state index contributed by atoms with van der Waals surface area (Å²) in [6.45, 7) is 4.76. The van der Waals surface area contributed by atoms with Gasteiger partial charge in [-0.1, -0.05) is 44.2 Å². The van der Waals surface area contributed by atoms with Crippen molar-refractivity contribution in [3.05, 3.63) is 54.1 Å². The van der Waals surface area contributed by atoms with Crippen LogP contribution >= 0.6 is 0 Å². The molecule has 2 aromatic rings. The van der Waals surface area contributed by atoms with E-state index >= 15 is 0 Å². The van der Waals surface area contributed by atoms with E-state index in [1.54, 1.807) is 6.20 Å². The van der Waals surface area contributed by atoms with E-state index in [0.717, 1.165) is 11.4 Å². The van der Waals surface area contributed by atoms with Crippen molar-refractivity contribution < 1.29 is 5.11 Å². The highest BCUT2D eigenvalue weighted by Gasteiger charge is 2.12. The maximum Gasteiger partial charge on any atom is 0.111 e. The first kappa shape index (κ1) is 11.9. The molecule has 1 unspecified atom stereocenters. The van der Waals surface area contributed by atoms with Gasteiger partial charge in [-0.2, -0.15) is 0 Å². The third kappa shape index (κ3) is 2.74. The molecule has 0 aliphatic rings. The van der Waals surface area contributed by atoms with Crippen molar-refractivity contribution in [3.63, 3.8) is 0 Å². The van der Waals surface area contributed by atoms with Gasteiger partial charge in [0.05, 0.1) is 12.6 Å². The maximum atomic E-state index is 10.1. The molecule has 3 heteroatoms. The molecule has 1 N–H and O–H groups in total. The maximum absolute atomic E-state index is 10.1. The van der Waals surface area contributed by atoms with Gasteiger partial charge in [-0.3, -0.25) is 0 Å². The third-order valence-electron chi connectivity index (χ3n) is 2.82. The summed E-state index contributed by atoms with van der Waals surface area (Å²) < 4.78 is 2.02. The van der Waals surface area contributed by atoms with Crippen LogP contribution in [-0.2, 0) is 6.54 Å². The summed E-state index contributed by atoms with van der Waals surface area (Å²) >= 11 is 0. The van der Waals surface area contributed by atoms with Crippen LogP contribution < -0.4 is 0 Å². The van der Waals surface area contributed by atoms with E-state index < -0.39 is 6.10 Å². The Morgan fingerprint density at radius 3 is 2.59 bits per heavy atom. The lowest BCUT2D eigenvalue weighted by molar-refractivity contribution is 0.155. The molecule has 1 heterocycles. The first-order valence-corrected chi connectivity index (χ1v) is 5.92. The molecular weight excluding hydrogens is 212 g/mol. The van der Waals surface area contributed by atoms with Gasteiger partial charge in [0.2, 0.25) is 0 Å². The lowest BCUT2D eigenvalue weighted by atomic mass is 10.1. The van der Waals surface area contributed by atoms with E-state index in [-0.39, 0.29) is 0 Å². The van der Waals surface area contributed by atoms with Crippen LogP contribution in [0.5, 0.6) is 0 Å². The molecule has 0 amide bonds. The number of hydrogen-bond acceptors (Lipinski definition) is 2. The van der Waals surface area contributed by atoms with Gasteiger partial charge in [-0.15, -0.1) is 0 Å². The SMILES string of the molecule is CC(C)c1nccn1CC(O)c1ccccc1. The molecule has 0 fully saturated rings. The Balaban J connectivity index is 2.13. The molecule has 0 aliphatic heterocycles. The lowest BCUT2D eigenvalue weighted by Crippen LogP contribution is -2.11. The number of aliphatic hydroxyl groups is 1. The Labute approximate surface area is 102 Å². The second-order valence-corrected chi connectivity index (χ2v) is 4.52. The fourth-order valence-electron chi connectivity index (χ4n) is 1.94. The predicted molar refractivity (Wildman–Crippen MR) is 67.7 cm³/mol. The van der Waals surface area contributed by atoms with Gasteiger partial charge in [0.15, 0.2) is 0 Å². The van der Waals surface area contributed by atoms with Crippen molar-refractivity contribution in [1.29, 1.82) is 0 Å². The minimum Gasteiger partial charge on any atom is -0.387 e. The summed E-state index contributed by atoms with van der Waals surface area (Å²) in [6.07, 6.45) is 3.22. The van der Waals surface area contributed by atoms with Crippen molar-refractivity contribution >= 4 is 0 Å². The first-order chi connectivity index (χ1) is 8.18. The van der Waals surface area contributed by atoms with Crippen LogP contribution in [0.25, 0.3) is 0 Å². The predicted octanol–water partition coefficient (Wildman–Crippen LogP) is 2.74. The van der Waals surface area contributed by atoms with Crippen molar-refractivity contribution in [3.8, 4) is 0 Å². The quantitative estimate of drug-likeness (QED) is 0.877. The molecule has 0 saturated carbocycles. The lowest BCUT2D eigenvalue weighted by Gasteiger charge is -2.15. The smallest absolute Gasteiger partial charge is 0.111 e. The van der Waals surface area contributed by atoms with Gasteiger partial charge < -0.3 is 9.67 Å². The first-order valence-electron chi connectivity index (χ1n) is 5.92. The van der Waals surface area contributed by atoms with Crippen LogP contribution in [0.3, 0.4) is 0 Å². The largest absolute Gasteiger partial charge is 0.387 e. The Kier molecular flexibility index (Phi) is 3.59. The van der Waals surface area contributed by atoms with E-state index in [1.165, 1.54) is 0 Å². The number of aromatic nitrogens is 2. The van der Waals surface area contributed by atoms with Crippen LogP contribution in [0.2, 0.25) is 0 Å². The van der Waals surface area contributed by atoms with Crippen molar-refractivity contribution in [2.75, 3.05) is 0 Å². The second-order valence-electron chi connectivity index (χ2n) is 4.52. The van der Waals surface area contributed by atoms with E-state index in [1.807, 2.05) is 41.1 Å². The van der Waals surface area contributed by atoms with Crippen LogP contribution in [0.4, 0.5) is 0 Å². The summed E-state index contributed by atoms with van der Waals surface area (Å²) in [5.74, 6) is 1.38. The van der Waals surface area contributed by atoms with Crippen molar-refractivity contribution in [2.45, 2.75) is 32.4 Å². The topological polar surface area (TPSA) is 38.0 Å². The van der Waals surface area contributed by atoms with E-state index in [2.05, 4.69) is 18.8 Å². The van der Waals surface area contributed by atoms with E-state index in [4.69, 9.17) is 0 Å². The number of hydrogen-bond donors (Lipinski definition) is 1. The zero-order valence-corrected chi connectivity index (χ0v) is 10.2. The van der Waals surface area contributed by atoms with Gasteiger partial charge in [0, 0.05) is 18.3 Å². The highest BCUT2D eigenvalue weighted by atomic mass is 16.3. The zero-order valence-electron chi connectivity index (χ0n) is 10.2. The Bertz CT molecular complexity index is 462. The number of benzene rings is 1. The highest BCUT2D eigenvalue weighted by Crippen LogP contribution is 2.18. The highest BCUT2D eigenvalue weighted by molar-refractivity contribution is 5.17. The Morgan fingerprint density at radius 1 is 1.24 bits per heavy atom. The van der Waals surface area contributed by atoms with Crippen LogP contribution in [0.1, 0.15) is 37.3 Å². The van der Waals surface area contributed by atoms with Crippen LogP contribution in [-0.4, -0.2) is 14.7 Å². The molecule has 0 aliphatic carbocycles. The van der Waals surface area contributed by atoms with Crippen molar-refractivity contribution in [1.82, 2.24) is 9.55 Å². The zero-order chi connectivity index (χ0) is 12.3. The molecule has 90 valence electrons. The number of aliphatic hydroxyl groups excluding tert-OH is 1. The minimum absolute atomic E-state index is 0.368. The molecule has 0 saturated heterocycles. The summed E-state index contributed by atoms with van der Waals surface area (Å²) in [5.41, 5.74) is 0.941. The molecule has 1 aromatic carbocycles. The van der Waals surface area contributed by atoms with Gasteiger partial charge >= 0.3 is 0 Å². The molecular formula is C14H18N2O. The van der Waals surface area contributed by atoms with Crippen LogP contribution in [0.15, 0.2) is 42.7 Å². The summed E-state index contributed by atoms with van der Waals surface area (Å²) in [6, 6.07) is 9.71. The molecule has 0 radical (unpaired) electrons. The molecule has 0 bridgehead atoms. The fourth-order valence-corrected chi connectivity index (χ4v) is 1.94. The average Bonchev–Trinajstić information content (AvgIpc) is 2.78. The molecule has 17 heavy (non-hydrogen) atoms. The van der Waals surface area contributed by atoms with Gasteiger partial charge in [0.1, 0.15) is 5.82 Å². The van der Waals surface area contributed by atoms with E-state index in [9.17, 15) is 5.11 Å². The standard InChI is InChI=1S/C14H18N2O/c1-11(2)14-15-8-9-16(14)10-13(17)12-6-4-3-5-7-12/h3-9,11,13,17H,10H2,1-2H3. The van der Waals surface area contributed by atoms with Gasteiger partial charge in [-0.05, 0) is 5.56 Å². The third-order valence-corrected chi connectivity index (χ3v) is 2.82. The van der Waals surface area contributed by atoms with E-state index in [0.29, 0.717) is 12.5 Å². The Morgan fingerprint density at radius 2 is 1.94 bits per heavy atom. The van der Waals surface area contributed by atoms with Gasteiger partial charge in [0.25, 0.3) is 0 Å². The monoisotopic (exact) mass is 230 g/mol. The average molecular weight is 230 g/mol. The van der Waals surface area contributed by atoms with Crippen LogP contribution in [0, 0.1) is 0 Å². The fraction of sp³-hybridized carbons (Fsp3) is 0.357.